The molecule has 0 amide bonds. The Morgan fingerprint density at radius 1 is 1.17 bits per heavy atom. The third-order valence-electron chi connectivity index (χ3n) is 3.92. The number of hydrogen-bond donors (Lipinski definition) is 1. The average molecular weight is 167 g/mol. The topological polar surface area (TPSA) is 12.0 Å². The highest BCUT2D eigenvalue weighted by Crippen LogP contribution is 2.39. The van der Waals surface area contributed by atoms with Crippen molar-refractivity contribution in [3.8, 4) is 0 Å². The lowest BCUT2D eigenvalue weighted by atomic mass is 9.69. The molecular weight excluding hydrogens is 146 g/mol. The van der Waals surface area contributed by atoms with Crippen LogP contribution in [0.4, 0.5) is 0 Å². The Hall–Kier alpha value is -0.0400. The molecule has 1 nitrogen and oxygen atoms in total. The first-order valence-electron chi connectivity index (χ1n) is 5.48. The van der Waals surface area contributed by atoms with E-state index < -0.39 is 0 Å². The molecule has 70 valence electrons. The van der Waals surface area contributed by atoms with Gasteiger partial charge in [-0.3, -0.25) is 0 Å². The fraction of sp³-hybridized carbons (Fsp3) is 1.00. The van der Waals surface area contributed by atoms with E-state index in [1.807, 2.05) is 0 Å². The summed E-state index contributed by atoms with van der Waals surface area (Å²) >= 11 is 0. The summed E-state index contributed by atoms with van der Waals surface area (Å²) in [6.45, 7) is 4.77. The third-order valence-corrected chi connectivity index (χ3v) is 3.92. The minimum Gasteiger partial charge on any atom is -0.309 e. The maximum atomic E-state index is 3.79. The molecule has 3 atom stereocenters. The van der Waals surface area contributed by atoms with Gasteiger partial charge in [0.2, 0.25) is 0 Å². The molecule has 1 saturated heterocycles. The van der Waals surface area contributed by atoms with Gasteiger partial charge in [0.1, 0.15) is 0 Å². The fourth-order valence-electron chi connectivity index (χ4n) is 3.14. The minimum atomic E-state index is 0.496. The second kappa shape index (κ2) is 3.02. The maximum absolute atomic E-state index is 3.79. The predicted octanol–water partition coefficient (Wildman–Crippen LogP) is 2.71. The van der Waals surface area contributed by atoms with Crippen molar-refractivity contribution >= 4 is 0 Å². The first kappa shape index (κ1) is 8.55. The molecule has 0 bridgehead atoms. The Balaban J connectivity index is 2.07. The van der Waals surface area contributed by atoms with Gasteiger partial charge in [-0.15, -0.1) is 0 Å². The third kappa shape index (κ3) is 1.39. The van der Waals surface area contributed by atoms with Crippen LogP contribution in [-0.2, 0) is 0 Å². The lowest BCUT2D eigenvalue weighted by Crippen LogP contribution is -2.57. The smallest absolute Gasteiger partial charge is 0.0183 e. The molecule has 1 saturated carbocycles. The van der Waals surface area contributed by atoms with Gasteiger partial charge in [0.15, 0.2) is 0 Å². The van der Waals surface area contributed by atoms with Crippen molar-refractivity contribution in [3.63, 3.8) is 0 Å². The van der Waals surface area contributed by atoms with Gasteiger partial charge in [0.05, 0.1) is 0 Å². The fourth-order valence-corrected chi connectivity index (χ4v) is 3.14. The largest absolute Gasteiger partial charge is 0.309 e. The highest BCUT2D eigenvalue weighted by Gasteiger charge is 2.39. The van der Waals surface area contributed by atoms with Crippen LogP contribution in [0.25, 0.3) is 0 Å². The summed E-state index contributed by atoms with van der Waals surface area (Å²) in [5.74, 6) is 0.974. The van der Waals surface area contributed by atoms with Crippen molar-refractivity contribution in [2.45, 2.75) is 64.0 Å². The van der Waals surface area contributed by atoms with Crippen LogP contribution in [0.1, 0.15) is 52.4 Å². The zero-order chi connectivity index (χ0) is 8.60. The number of hydrogen-bond acceptors (Lipinski definition) is 1. The molecule has 1 aliphatic carbocycles. The number of rotatable bonds is 0. The SMILES string of the molecule is CC1CCC2CCCCC2(C)N1. The Labute approximate surface area is 75.9 Å². The quantitative estimate of drug-likeness (QED) is 0.585. The van der Waals surface area contributed by atoms with E-state index in [-0.39, 0.29) is 0 Å². The first-order valence-corrected chi connectivity index (χ1v) is 5.48. The molecule has 1 N–H and O–H groups in total. The molecular formula is C11H21N. The molecule has 12 heavy (non-hydrogen) atoms. The Bertz CT molecular complexity index is 166. The lowest BCUT2D eigenvalue weighted by Gasteiger charge is -2.48. The van der Waals surface area contributed by atoms with Crippen LogP contribution in [0.15, 0.2) is 0 Å². The average Bonchev–Trinajstić information content (AvgIpc) is 2.02. The zero-order valence-corrected chi connectivity index (χ0v) is 8.40. The molecule has 3 unspecified atom stereocenters. The van der Waals surface area contributed by atoms with Crippen LogP contribution < -0.4 is 5.32 Å². The summed E-state index contributed by atoms with van der Waals surface area (Å²) in [5.41, 5.74) is 0.496. The summed E-state index contributed by atoms with van der Waals surface area (Å²) in [7, 11) is 0. The molecule has 2 rings (SSSR count). The molecule has 2 aliphatic rings. The van der Waals surface area contributed by atoms with Crippen LogP contribution in [0.5, 0.6) is 0 Å². The van der Waals surface area contributed by atoms with Crippen molar-refractivity contribution in [1.29, 1.82) is 0 Å². The predicted molar refractivity (Wildman–Crippen MR) is 52.2 cm³/mol. The summed E-state index contributed by atoms with van der Waals surface area (Å²) in [5, 5.41) is 3.79. The van der Waals surface area contributed by atoms with E-state index in [0.29, 0.717) is 5.54 Å². The maximum Gasteiger partial charge on any atom is 0.0183 e. The summed E-state index contributed by atoms with van der Waals surface area (Å²) in [6, 6.07) is 0.754. The van der Waals surface area contributed by atoms with Crippen LogP contribution in [0, 0.1) is 5.92 Å². The van der Waals surface area contributed by atoms with Crippen LogP contribution >= 0.6 is 0 Å². The second-order valence-corrected chi connectivity index (χ2v) is 4.98. The van der Waals surface area contributed by atoms with Gasteiger partial charge in [0, 0.05) is 11.6 Å². The van der Waals surface area contributed by atoms with E-state index >= 15 is 0 Å². The van der Waals surface area contributed by atoms with E-state index in [0.717, 1.165) is 12.0 Å². The Kier molecular flexibility index (Phi) is 2.16. The van der Waals surface area contributed by atoms with Crippen LogP contribution in [-0.4, -0.2) is 11.6 Å². The summed E-state index contributed by atoms with van der Waals surface area (Å²) < 4.78 is 0. The highest BCUT2D eigenvalue weighted by atomic mass is 15.0. The van der Waals surface area contributed by atoms with E-state index in [1.54, 1.807) is 0 Å². The molecule has 0 spiro atoms. The van der Waals surface area contributed by atoms with Gasteiger partial charge < -0.3 is 5.32 Å². The van der Waals surface area contributed by atoms with E-state index in [9.17, 15) is 0 Å². The van der Waals surface area contributed by atoms with E-state index in [2.05, 4.69) is 19.2 Å². The molecule has 1 aliphatic heterocycles. The van der Waals surface area contributed by atoms with Crippen molar-refractivity contribution in [2.75, 3.05) is 0 Å². The molecule has 0 radical (unpaired) electrons. The van der Waals surface area contributed by atoms with Gasteiger partial charge in [-0.25, -0.2) is 0 Å². The van der Waals surface area contributed by atoms with Crippen molar-refractivity contribution in [3.05, 3.63) is 0 Å². The van der Waals surface area contributed by atoms with Gasteiger partial charge >= 0.3 is 0 Å². The Morgan fingerprint density at radius 2 is 2.00 bits per heavy atom. The molecule has 0 aromatic carbocycles. The van der Waals surface area contributed by atoms with Crippen molar-refractivity contribution in [1.82, 2.24) is 5.32 Å². The van der Waals surface area contributed by atoms with Crippen molar-refractivity contribution in [2.24, 2.45) is 5.92 Å². The van der Waals surface area contributed by atoms with Crippen LogP contribution in [0.2, 0.25) is 0 Å². The summed E-state index contributed by atoms with van der Waals surface area (Å²) in [4.78, 5) is 0. The van der Waals surface area contributed by atoms with Gasteiger partial charge in [-0.05, 0) is 45.4 Å². The standard InChI is InChI=1S/C11H21N/c1-9-6-7-10-5-3-4-8-11(10,2)12-9/h9-10,12H,3-8H2,1-2H3. The number of nitrogens with one attached hydrogen (secondary N) is 1. The zero-order valence-electron chi connectivity index (χ0n) is 8.40. The van der Waals surface area contributed by atoms with E-state index in [1.165, 1.54) is 38.5 Å². The normalized spacial score (nSPS) is 48.5. The first-order chi connectivity index (χ1) is 5.71. The minimum absolute atomic E-state index is 0.496. The van der Waals surface area contributed by atoms with Crippen molar-refractivity contribution < 1.29 is 0 Å². The Morgan fingerprint density at radius 3 is 2.83 bits per heavy atom. The number of fused-ring (bicyclic) bond motifs is 1. The van der Waals surface area contributed by atoms with Gasteiger partial charge in [0.25, 0.3) is 0 Å². The van der Waals surface area contributed by atoms with Gasteiger partial charge in [-0.1, -0.05) is 12.8 Å². The highest BCUT2D eigenvalue weighted by molar-refractivity contribution is 4.98. The van der Waals surface area contributed by atoms with Gasteiger partial charge in [-0.2, -0.15) is 0 Å². The second-order valence-electron chi connectivity index (χ2n) is 4.98. The molecule has 1 heterocycles. The van der Waals surface area contributed by atoms with E-state index in [4.69, 9.17) is 0 Å². The molecule has 0 aromatic rings. The molecule has 0 aromatic heterocycles. The monoisotopic (exact) mass is 167 g/mol. The summed E-state index contributed by atoms with van der Waals surface area (Å²) in [6.07, 6.45) is 8.63. The molecule has 2 fully saturated rings. The molecule has 1 heteroatoms. The lowest BCUT2D eigenvalue weighted by molar-refractivity contribution is 0.0965. The van der Waals surface area contributed by atoms with Crippen LogP contribution in [0.3, 0.4) is 0 Å². The number of piperidine rings is 1.